The number of para-hydroxylation sites is 1. The molecule has 41 heavy (non-hydrogen) atoms. The van der Waals surface area contributed by atoms with E-state index in [4.69, 9.17) is 0 Å². The molecule has 0 radical (unpaired) electrons. The van der Waals surface area contributed by atoms with Crippen molar-refractivity contribution in [2.45, 2.75) is 6.92 Å². The van der Waals surface area contributed by atoms with Gasteiger partial charge in [-0.2, -0.15) is 23.6 Å². The van der Waals surface area contributed by atoms with Crippen LogP contribution in [0, 0.1) is 6.92 Å². The standard InChI is InChI=1S/C28H20N.C9H7.2ClH.Zr/c1-19-15-22-17-23(29-14-13-21-8-3-5-12-28(21)29)18-27(26(22)16-19)25-11-6-9-20-7-2-4-10-24(20)25;1-2-5-9-7-3-6-8(9)4-1;;;/h2-18H,1H3;1-7H;2*1H;/q2*-1;;;+4/p-2. The molecule has 198 valence electrons. The molecule has 0 atom stereocenters. The molecule has 0 bridgehead atoms. The molecular weight excluding hydrogens is 621 g/mol. The van der Waals surface area contributed by atoms with Crippen LogP contribution in [0.5, 0.6) is 0 Å². The number of hydrogen-bond acceptors (Lipinski definition) is 0. The van der Waals surface area contributed by atoms with Crippen LogP contribution in [-0.2, 0) is 26.2 Å². The number of aromatic nitrogens is 1. The molecule has 0 aliphatic carbocycles. The van der Waals surface area contributed by atoms with Crippen molar-refractivity contribution >= 4 is 43.2 Å². The monoisotopic (exact) mass is 645 g/mol. The van der Waals surface area contributed by atoms with Crippen LogP contribution < -0.4 is 24.8 Å². The normalized spacial score (nSPS) is 10.5. The molecule has 0 fully saturated rings. The second kappa shape index (κ2) is 13.0. The first-order valence-electron chi connectivity index (χ1n) is 13.1. The Kier molecular flexibility index (Phi) is 9.72. The van der Waals surface area contributed by atoms with Crippen LogP contribution in [0.15, 0.2) is 146 Å². The third-order valence-electron chi connectivity index (χ3n) is 7.46. The Morgan fingerprint density at radius 1 is 0.561 bits per heavy atom. The first kappa shape index (κ1) is 30.5. The maximum Gasteiger partial charge on any atom is 4.00 e. The predicted molar refractivity (Wildman–Crippen MR) is 164 cm³/mol. The van der Waals surface area contributed by atoms with Gasteiger partial charge in [-0.25, -0.2) is 0 Å². The fraction of sp³-hybridized carbons (Fsp3) is 0.0270. The zero-order valence-electron chi connectivity index (χ0n) is 22.6. The van der Waals surface area contributed by atoms with E-state index in [-0.39, 0.29) is 51.0 Å². The summed E-state index contributed by atoms with van der Waals surface area (Å²) < 4.78 is 2.30. The quantitative estimate of drug-likeness (QED) is 0.248. The number of aryl methyl sites for hydroxylation is 1. The van der Waals surface area contributed by atoms with Crippen molar-refractivity contribution in [3.63, 3.8) is 0 Å². The Bertz CT molecular complexity index is 2030. The summed E-state index contributed by atoms with van der Waals surface area (Å²) in [6.07, 6.45) is 2.18. The predicted octanol–water partition coefficient (Wildman–Crippen LogP) is 4.20. The molecule has 0 amide bonds. The number of nitrogens with zero attached hydrogens (tertiary/aromatic N) is 1. The molecule has 1 heterocycles. The summed E-state index contributed by atoms with van der Waals surface area (Å²) in [6.45, 7) is 2.18. The Labute approximate surface area is 272 Å². The Hall–Kier alpha value is -3.42. The van der Waals surface area contributed by atoms with Crippen LogP contribution in [0.2, 0.25) is 0 Å². The summed E-state index contributed by atoms with van der Waals surface area (Å²) in [5.41, 5.74) is 6.32. The fourth-order valence-corrected chi connectivity index (χ4v) is 5.66. The van der Waals surface area contributed by atoms with E-state index in [9.17, 15) is 0 Å². The van der Waals surface area contributed by atoms with Gasteiger partial charge in [0.05, 0.1) is 5.52 Å². The van der Waals surface area contributed by atoms with E-state index in [2.05, 4.69) is 157 Å². The number of benzene rings is 5. The Morgan fingerprint density at radius 2 is 1.27 bits per heavy atom. The zero-order valence-corrected chi connectivity index (χ0v) is 26.5. The molecule has 4 heteroatoms. The first-order chi connectivity index (χ1) is 18.7. The summed E-state index contributed by atoms with van der Waals surface area (Å²) in [4.78, 5) is 0. The molecule has 0 saturated heterocycles. The van der Waals surface area contributed by atoms with E-state index in [1.54, 1.807) is 0 Å². The molecule has 8 rings (SSSR count). The molecule has 0 aliphatic rings. The summed E-state index contributed by atoms with van der Waals surface area (Å²) in [6, 6.07) is 49.9. The molecule has 7 aromatic carbocycles. The van der Waals surface area contributed by atoms with Gasteiger partial charge in [-0.15, -0.1) is 58.1 Å². The van der Waals surface area contributed by atoms with Crippen LogP contribution in [-0.4, -0.2) is 4.57 Å². The first-order valence-corrected chi connectivity index (χ1v) is 13.1. The van der Waals surface area contributed by atoms with Crippen molar-refractivity contribution in [1.29, 1.82) is 0 Å². The van der Waals surface area contributed by atoms with Gasteiger partial charge in [0.2, 0.25) is 0 Å². The van der Waals surface area contributed by atoms with Crippen LogP contribution in [0.4, 0.5) is 0 Å². The fourth-order valence-electron chi connectivity index (χ4n) is 5.66. The molecule has 0 unspecified atom stereocenters. The molecule has 0 aliphatic heterocycles. The van der Waals surface area contributed by atoms with Gasteiger partial charge in [-0.05, 0) is 39.9 Å². The van der Waals surface area contributed by atoms with Gasteiger partial charge in [0, 0.05) is 11.9 Å². The van der Waals surface area contributed by atoms with Crippen LogP contribution >= 0.6 is 0 Å². The third-order valence-corrected chi connectivity index (χ3v) is 7.46. The largest absolute Gasteiger partial charge is 4.00 e. The number of rotatable bonds is 2. The maximum atomic E-state index is 2.34. The van der Waals surface area contributed by atoms with E-state index in [1.165, 1.54) is 65.6 Å². The van der Waals surface area contributed by atoms with E-state index in [0.717, 1.165) is 0 Å². The van der Waals surface area contributed by atoms with Crippen molar-refractivity contribution in [1.82, 2.24) is 4.57 Å². The summed E-state index contributed by atoms with van der Waals surface area (Å²) in [5, 5.41) is 9.11. The van der Waals surface area contributed by atoms with Gasteiger partial charge in [0.15, 0.2) is 0 Å². The van der Waals surface area contributed by atoms with Gasteiger partial charge in [-0.3, -0.25) is 0 Å². The maximum absolute atomic E-state index is 2.34. The Balaban J connectivity index is 0.000000277. The van der Waals surface area contributed by atoms with Gasteiger partial charge < -0.3 is 29.4 Å². The minimum atomic E-state index is 0. The van der Waals surface area contributed by atoms with Crippen LogP contribution in [0.1, 0.15) is 5.56 Å². The summed E-state index contributed by atoms with van der Waals surface area (Å²) in [7, 11) is 0. The molecule has 1 aromatic heterocycles. The minimum Gasteiger partial charge on any atom is -1.00 e. The van der Waals surface area contributed by atoms with Crippen molar-refractivity contribution < 1.29 is 51.0 Å². The third kappa shape index (κ3) is 5.84. The average Bonchev–Trinajstić information content (AvgIpc) is 3.70. The number of fused-ring (bicyclic) bond motifs is 4. The Morgan fingerprint density at radius 3 is 2.10 bits per heavy atom. The smallest absolute Gasteiger partial charge is 1.00 e. The van der Waals surface area contributed by atoms with Gasteiger partial charge >= 0.3 is 26.2 Å². The van der Waals surface area contributed by atoms with E-state index >= 15 is 0 Å². The van der Waals surface area contributed by atoms with Crippen LogP contribution in [0.25, 0.3) is 60.0 Å². The van der Waals surface area contributed by atoms with Crippen molar-refractivity contribution in [3.05, 3.63) is 151 Å². The molecular formula is C37H27Cl2NZr. The zero-order chi connectivity index (χ0) is 25.5. The van der Waals surface area contributed by atoms with Crippen molar-refractivity contribution in [2.24, 2.45) is 0 Å². The SMILES string of the molecule is Cc1cc2c(-c3cccc4ccccc34)cc(-n3ccc4ccccc43)cc2[cH-]1.[Cl-].[Cl-].[Zr+4].c1ccc2[cH-]ccc2c1. The molecule has 8 aromatic rings. The average molecular weight is 648 g/mol. The molecule has 0 N–H and O–H groups in total. The van der Waals surface area contributed by atoms with Gasteiger partial charge in [0.1, 0.15) is 0 Å². The van der Waals surface area contributed by atoms with Crippen LogP contribution in [0.3, 0.4) is 0 Å². The molecule has 0 spiro atoms. The van der Waals surface area contributed by atoms with Crippen molar-refractivity contribution in [3.8, 4) is 16.8 Å². The summed E-state index contributed by atoms with van der Waals surface area (Å²) in [5.74, 6) is 0. The van der Waals surface area contributed by atoms with Crippen molar-refractivity contribution in [2.75, 3.05) is 0 Å². The molecule has 0 saturated carbocycles. The van der Waals surface area contributed by atoms with Gasteiger partial charge in [-0.1, -0.05) is 79.2 Å². The van der Waals surface area contributed by atoms with E-state index in [0.29, 0.717) is 0 Å². The number of halogens is 2. The second-order valence-corrected chi connectivity index (χ2v) is 9.95. The number of hydrogen-bond donors (Lipinski definition) is 0. The topological polar surface area (TPSA) is 4.93 Å². The van der Waals surface area contributed by atoms with Gasteiger partial charge in [0.25, 0.3) is 0 Å². The van der Waals surface area contributed by atoms with E-state index < -0.39 is 0 Å². The minimum absolute atomic E-state index is 0. The summed E-state index contributed by atoms with van der Waals surface area (Å²) >= 11 is 0. The second-order valence-electron chi connectivity index (χ2n) is 9.95. The molecule has 1 nitrogen and oxygen atoms in total. The van der Waals surface area contributed by atoms with E-state index in [1.807, 2.05) is 0 Å².